The zero-order valence-corrected chi connectivity index (χ0v) is 7.75. The normalized spacial score (nSPS) is 11.0. The van der Waals surface area contributed by atoms with Crippen LogP contribution in [0.1, 0.15) is 13.8 Å². The van der Waals surface area contributed by atoms with Crippen LogP contribution in [0.5, 0.6) is 0 Å². The second kappa shape index (κ2) is 5.35. The zero-order chi connectivity index (χ0) is 9.56. The summed E-state index contributed by atoms with van der Waals surface area (Å²) < 4.78 is 0. The van der Waals surface area contributed by atoms with E-state index in [0.717, 1.165) is 18.8 Å². The second-order valence-corrected chi connectivity index (χ2v) is 2.41. The van der Waals surface area contributed by atoms with Crippen molar-refractivity contribution in [1.82, 2.24) is 4.90 Å². The van der Waals surface area contributed by atoms with Crippen molar-refractivity contribution in [2.24, 2.45) is 17.2 Å². The predicted octanol–water partition coefficient (Wildman–Crippen LogP) is -0.113. The third-order valence-corrected chi connectivity index (χ3v) is 1.61. The molecule has 0 aromatic heterocycles. The highest BCUT2D eigenvalue weighted by Gasteiger charge is 2.01. The summed E-state index contributed by atoms with van der Waals surface area (Å²) in [4.78, 5) is 2.07. The average Bonchev–Trinajstić information content (AvgIpc) is 2.04. The van der Waals surface area contributed by atoms with Crippen molar-refractivity contribution in [2.75, 3.05) is 13.1 Å². The minimum absolute atomic E-state index is 0.276. The maximum Gasteiger partial charge on any atom is 0.0955 e. The number of hydrogen-bond acceptors (Lipinski definition) is 4. The first-order valence-corrected chi connectivity index (χ1v) is 4.05. The van der Waals surface area contributed by atoms with Gasteiger partial charge in [0.2, 0.25) is 0 Å². The van der Waals surface area contributed by atoms with Crippen LogP contribution in [0.3, 0.4) is 0 Å². The number of nitrogens with zero attached hydrogens (tertiary/aromatic N) is 1. The molecule has 4 heteroatoms. The summed E-state index contributed by atoms with van der Waals surface area (Å²) in [6.07, 6.45) is 3.17. The van der Waals surface area contributed by atoms with Crippen molar-refractivity contribution in [3.8, 4) is 0 Å². The molecule has 0 aromatic carbocycles. The summed E-state index contributed by atoms with van der Waals surface area (Å²) in [5.41, 5.74) is 16.9. The summed E-state index contributed by atoms with van der Waals surface area (Å²) >= 11 is 0. The molecule has 0 saturated heterocycles. The molecule has 0 aromatic rings. The van der Waals surface area contributed by atoms with E-state index >= 15 is 0 Å². The van der Waals surface area contributed by atoms with Gasteiger partial charge in [0.15, 0.2) is 0 Å². The topological polar surface area (TPSA) is 81.3 Å². The van der Waals surface area contributed by atoms with Crippen molar-refractivity contribution in [1.29, 1.82) is 0 Å². The maximum absolute atomic E-state index is 5.41. The third-order valence-electron chi connectivity index (χ3n) is 1.61. The molecule has 70 valence electrons. The summed E-state index contributed by atoms with van der Waals surface area (Å²) in [5, 5.41) is 0. The minimum atomic E-state index is 0.276. The SMILES string of the molecule is CCN(CC)/C(C=C(N)N)=C/N. The highest BCUT2D eigenvalue weighted by Crippen LogP contribution is 2.03. The van der Waals surface area contributed by atoms with Crippen molar-refractivity contribution in [3.05, 3.63) is 23.8 Å². The van der Waals surface area contributed by atoms with E-state index in [2.05, 4.69) is 4.90 Å². The van der Waals surface area contributed by atoms with Crippen LogP contribution in [0.2, 0.25) is 0 Å². The Morgan fingerprint density at radius 1 is 1.25 bits per heavy atom. The van der Waals surface area contributed by atoms with E-state index in [4.69, 9.17) is 17.2 Å². The van der Waals surface area contributed by atoms with Crippen LogP contribution in [-0.4, -0.2) is 18.0 Å². The van der Waals surface area contributed by atoms with Gasteiger partial charge in [0.05, 0.1) is 11.5 Å². The van der Waals surface area contributed by atoms with Crippen LogP contribution in [0, 0.1) is 0 Å². The lowest BCUT2D eigenvalue weighted by molar-refractivity contribution is 0.393. The molecule has 0 unspecified atom stereocenters. The van der Waals surface area contributed by atoms with Crippen molar-refractivity contribution < 1.29 is 0 Å². The van der Waals surface area contributed by atoms with Gasteiger partial charge < -0.3 is 22.1 Å². The van der Waals surface area contributed by atoms with E-state index in [-0.39, 0.29) is 5.82 Å². The van der Waals surface area contributed by atoms with Crippen molar-refractivity contribution in [2.45, 2.75) is 13.8 Å². The summed E-state index contributed by atoms with van der Waals surface area (Å²) in [6.45, 7) is 5.88. The van der Waals surface area contributed by atoms with Gasteiger partial charge in [0.1, 0.15) is 0 Å². The van der Waals surface area contributed by atoms with E-state index < -0.39 is 0 Å². The Labute approximate surface area is 73.7 Å². The van der Waals surface area contributed by atoms with Gasteiger partial charge in [-0.2, -0.15) is 0 Å². The van der Waals surface area contributed by atoms with Crippen LogP contribution in [0.25, 0.3) is 0 Å². The molecule has 0 atom stereocenters. The monoisotopic (exact) mass is 170 g/mol. The van der Waals surface area contributed by atoms with Gasteiger partial charge in [0, 0.05) is 25.4 Å². The molecule has 0 amide bonds. The van der Waals surface area contributed by atoms with Gasteiger partial charge in [-0.1, -0.05) is 0 Å². The highest BCUT2D eigenvalue weighted by atomic mass is 15.1. The van der Waals surface area contributed by atoms with E-state index in [1.807, 2.05) is 13.8 Å². The second-order valence-electron chi connectivity index (χ2n) is 2.41. The standard InChI is InChI=1S/C8H18N4/c1-3-12(4-2)7(6-9)5-8(10)11/h5-6H,3-4,9-11H2,1-2H3/b7-6+. The Hall–Kier alpha value is -1.32. The Balaban J connectivity index is 4.45. The molecule has 0 fully saturated rings. The lowest BCUT2D eigenvalue weighted by Crippen LogP contribution is -2.23. The van der Waals surface area contributed by atoms with Gasteiger partial charge in [-0.3, -0.25) is 0 Å². The molecule has 6 N–H and O–H groups in total. The molecule has 0 bridgehead atoms. The fraction of sp³-hybridized carbons (Fsp3) is 0.500. The average molecular weight is 170 g/mol. The van der Waals surface area contributed by atoms with Gasteiger partial charge in [-0.05, 0) is 13.8 Å². The first-order chi connectivity index (χ1) is 5.65. The largest absolute Gasteiger partial charge is 0.403 e. The van der Waals surface area contributed by atoms with Gasteiger partial charge in [-0.25, -0.2) is 0 Å². The van der Waals surface area contributed by atoms with E-state index in [1.54, 1.807) is 6.08 Å². The lowest BCUT2D eigenvalue weighted by Gasteiger charge is -2.21. The van der Waals surface area contributed by atoms with Gasteiger partial charge >= 0.3 is 0 Å². The van der Waals surface area contributed by atoms with E-state index in [0.29, 0.717) is 0 Å². The molecule has 0 heterocycles. The molecule has 0 saturated carbocycles. The smallest absolute Gasteiger partial charge is 0.0955 e. The molecular formula is C8H18N4. The number of hydrogen-bond donors (Lipinski definition) is 3. The van der Waals surface area contributed by atoms with Crippen LogP contribution in [0.15, 0.2) is 23.8 Å². The minimum Gasteiger partial charge on any atom is -0.403 e. The quantitative estimate of drug-likeness (QED) is 0.514. The highest BCUT2D eigenvalue weighted by molar-refractivity contribution is 5.18. The fourth-order valence-corrected chi connectivity index (χ4v) is 1.00. The van der Waals surface area contributed by atoms with E-state index in [9.17, 15) is 0 Å². The Morgan fingerprint density at radius 2 is 1.75 bits per heavy atom. The molecule has 12 heavy (non-hydrogen) atoms. The number of likely N-dealkylation sites (N-methyl/N-ethyl adjacent to an activating group) is 1. The van der Waals surface area contributed by atoms with Crippen LogP contribution < -0.4 is 17.2 Å². The molecule has 4 nitrogen and oxygen atoms in total. The molecule has 0 aliphatic carbocycles. The van der Waals surface area contributed by atoms with Crippen LogP contribution in [0.4, 0.5) is 0 Å². The Morgan fingerprint density at radius 3 is 2.00 bits per heavy atom. The maximum atomic E-state index is 5.41. The Bertz CT molecular complexity index is 175. The number of nitrogens with two attached hydrogens (primary N) is 3. The molecule has 0 rings (SSSR count). The summed E-state index contributed by atoms with van der Waals surface area (Å²) in [6, 6.07) is 0. The third kappa shape index (κ3) is 3.18. The Kier molecular flexibility index (Phi) is 4.76. The first-order valence-electron chi connectivity index (χ1n) is 4.05. The number of allylic oxidation sites excluding steroid dienone is 1. The zero-order valence-electron chi connectivity index (χ0n) is 7.75. The summed E-state index contributed by atoms with van der Waals surface area (Å²) in [5.74, 6) is 0.276. The molecular weight excluding hydrogens is 152 g/mol. The van der Waals surface area contributed by atoms with Crippen LogP contribution >= 0.6 is 0 Å². The summed E-state index contributed by atoms with van der Waals surface area (Å²) in [7, 11) is 0. The fourth-order valence-electron chi connectivity index (χ4n) is 1.00. The van der Waals surface area contributed by atoms with Gasteiger partial charge in [0.25, 0.3) is 0 Å². The van der Waals surface area contributed by atoms with E-state index in [1.165, 1.54) is 6.20 Å². The van der Waals surface area contributed by atoms with Gasteiger partial charge in [-0.15, -0.1) is 0 Å². The molecule has 0 aliphatic heterocycles. The lowest BCUT2D eigenvalue weighted by atomic mass is 10.3. The molecule has 0 spiro atoms. The predicted molar refractivity (Wildman–Crippen MR) is 51.6 cm³/mol. The number of rotatable bonds is 4. The first kappa shape index (κ1) is 10.7. The van der Waals surface area contributed by atoms with Crippen molar-refractivity contribution >= 4 is 0 Å². The van der Waals surface area contributed by atoms with Crippen LogP contribution in [-0.2, 0) is 0 Å². The molecule has 0 radical (unpaired) electrons. The van der Waals surface area contributed by atoms with Crippen molar-refractivity contribution in [3.63, 3.8) is 0 Å². The molecule has 0 aliphatic rings.